The highest BCUT2D eigenvalue weighted by molar-refractivity contribution is 6.30. The van der Waals surface area contributed by atoms with Gasteiger partial charge in [-0.25, -0.2) is 0 Å². The summed E-state index contributed by atoms with van der Waals surface area (Å²) in [6, 6.07) is 14.7. The summed E-state index contributed by atoms with van der Waals surface area (Å²) < 4.78 is 5.75. The topological polar surface area (TPSA) is 59.2 Å². The Balaban J connectivity index is 1.46. The van der Waals surface area contributed by atoms with Crippen molar-refractivity contribution in [1.29, 1.82) is 0 Å². The van der Waals surface area contributed by atoms with Crippen LogP contribution in [-0.2, 0) is 11.3 Å². The van der Waals surface area contributed by atoms with E-state index in [0.717, 1.165) is 24.0 Å². The van der Waals surface area contributed by atoms with Crippen molar-refractivity contribution >= 4 is 35.2 Å². The van der Waals surface area contributed by atoms with Gasteiger partial charge >= 0.3 is 0 Å². The number of carbonyl (C=O) groups excluding carboxylic acids is 1. The largest absolute Gasteiger partial charge is 0.419 e. The molecule has 1 fully saturated rings. The molecule has 1 heterocycles. The van der Waals surface area contributed by atoms with E-state index in [1.54, 1.807) is 41.3 Å². The van der Waals surface area contributed by atoms with Gasteiger partial charge in [0.2, 0.25) is 17.7 Å². The summed E-state index contributed by atoms with van der Waals surface area (Å²) in [4.78, 5) is 14.5. The molecule has 5 nitrogen and oxygen atoms in total. The molecule has 0 aliphatic heterocycles. The number of carbonyl (C=O) groups is 1. The highest BCUT2D eigenvalue weighted by atomic mass is 35.5. The number of hydrogen-bond acceptors (Lipinski definition) is 4. The normalized spacial score (nSPS) is 13.8. The first-order valence-corrected chi connectivity index (χ1v) is 9.66. The summed E-state index contributed by atoms with van der Waals surface area (Å²) in [5, 5.41) is 9.48. The minimum Gasteiger partial charge on any atom is -0.419 e. The molecule has 0 unspecified atom stereocenters. The molecule has 0 N–H and O–H groups in total. The third-order valence-corrected chi connectivity index (χ3v) is 4.93. The lowest BCUT2D eigenvalue weighted by Crippen LogP contribution is -2.31. The molecule has 0 atom stereocenters. The van der Waals surface area contributed by atoms with Crippen molar-refractivity contribution in [2.45, 2.75) is 25.4 Å². The first-order valence-electron chi connectivity index (χ1n) is 8.91. The van der Waals surface area contributed by atoms with E-state index in [1.165, 1.54) is 0 Å². The van der Waals surface area contributed by atoms with E-state index in [-0.39, 0.29) is 18.5 Å². The third-order valence-electron chi connectivity index (χ3n) is 4.42. The Bertz CT molecular complexity index is 993. The van der Waals surface area contributed by atoms with Crippen LogP contribution >= 0.6 is 23.2 Å². The smallest absolute Gasteiger partial charge is 0.247 e. The molecule has 7 heteroatoms. The Labute approximate surface area is 172 Å². The van der Waals surface area contributed by atoms with Crippen molar-refractivity contribution in [3.8, 4) is 11.5 Å². The highest BCUT2D eigenvalue weighted by Crippen LogP contribution is 2.29. The molecule has 0 bridgehead atoms. The Kier molecular flexibility index (Phi) is 5.46. The Morgan fingerprint density at radius 3 is 2.32 bits per heavy atom. The Morgan fingerprint density at radius 1 is 1.04 bits per heavy atom. The molecular weight excluding hydrogens is 397 g/mol. The van der Waals surface area contributed by atoms with Gasteiger partial charge in [0, 0.05) is 27.7 Å². The van der Waals surface area contributed by atoms with Gasteiger partial charge in [0.05, 0.1) is 6.54 Å². The molecule has 1 aliphatic carbocycles. The summed E-state index contributed by atoms with van der Waals surface area (Å²) >= 11 is 11.8. The number of hydrogen-bond donors (Lipinski definition) is 0. The monoisotopic (exact) mass is 413 g/mol. The Hall–Kier alpha value is -2.63. The van der Waals surface area contributed by atoms with Gasteiger partial charge in [-0.15, -0.1) is 10.2 Å². The minimum absolute atomic E-state index is 0.0799. The molecule has 0 spiro atoms. The zero-order chi connectivity index (χ0) is 19.5. The maximum Gasteiger partial charge on any atom is 0.247 e. The van der Waals surface area contributed by atoms with Gasteiger partial charge in [0.25, 0.3) is 0 Å². The van der Waals surface area contributed by atoms with E-state index in [2.05, 4.69) is 10.2 Å². The number of nitrogens with zero attached hydrogens (tertiary/aromatic N) is 3. The predicted molar refractivity (Wildman–Crippen MR) is 109 cm³/mol. The van der Waals surface area contributed by atoms with Gasteiger partial charge in [-0.05, 0) is 60.9 Å². The van der Waals surface area contributed by atoms with Gasteiger partial charge in [-0.1, -0.05) is 35.3 Å². The summed E-state index contributed by atoms with van der Waals surface area (Å²) in [5.41, 5.74) is 1.70. The van der Waals surface area contributed by atoms with Crippen molar-refractivity contribution in [3.05, 3.63) is 76.1 Å². The van der Waals surface area contributed by atoms with Crippen LogP contribution in [0.25, 0.3) is 17.5 Å². The van der Waals surface area contributed by atoms with Crippen molar-refractivity contribution in [2.75, 3.05) is 0 Å². The van der Waals surface area contributed by atoms with Crippen molar-refractivity contribution in [3.63, 3.8) is 0 Å². The fraction of sp³-hybridized carbons (Fsp3) is 0.190. The number of halogens is 2. The molecular formula is C21H17Cl2N3O2. The second kappa shape index (κ2) is 8.17. The first-order chi connectivity index (χ1) is 13.6. The van der Waals surface area contributed by atoms with Crippen LogP contribution in [0.4, 0.5) is 0 Å². The van der Waals surface area contributed by atoms with Crippen LogP contribution in [0.15, 0.2) is 59.0 Å². The molecule has 2 aromatic carbocycles. The van der Waals surface area contributed by atoms with Crippen LogP contribution < -0.4 is 0 Å². The maximum atomic E-state index is 12.7. The van der Waals surface area contributed by atoms with Gasteiger partial charge in [-0.2, -0.15) is 0 Å². The number of benzene rings is 2. The van der Waals surface area contributed by atoms with Crippen LogP contribution in [0.1, 0.15) is 24.3 Å². The zero-order valence-electron chi connectivity index (χ0n) is 14.9. The van der Waals surface area contributed by atoms with Gasteiger partial charge in [0.1, 0.15) is 0 Å². The fourth-order valence-corrected chi connectivity index (χ4v) is 3.03. The van der Waals surface area contributed by atoms with Gasteiger partial charge in [0.15, 0.2) is 0 Å². The van der Waals surface area contributed by atoms with Crippen LogP contribution in [0, 0.1) is 0 Å². The lowest BCUT2D eigenvalue weighted by atomic mass is 10.2. The molecule has 4 rings (SSSR count). The van der Waals surface area contributed by atoms with Crippen LogP contribution in [-0.4, -0.2) is 27.0 Å². The summed E-state index contributed by atoms with van der Waals surface area (Å²) in [6.07, 6.45) is 5.32. The zero-order valence-corrected chi connectivity index (χ0v) is 16.4. The molecule has 1 aromatic heterocycles. The average molecular weight is 414 g/mol. The molecule has 142 valence electrons. The van der Waals surface area contributed by atoms with E-state index in [9.17, 15) is 4.79 Å². The van der Waals surface area contributed by atoms with Crippen molar-refractivity contribution in [1.82, 2.24) is 15.1 Å². The average Bonchev–Trinajstić information content (AvgIpc) is 3.44. The lowest BCUT2D eigenvalue weighted by molar-refractivity contribution is -0.127. The van der Waals surface area contributed by atoms with Crippen LogP contribution in [0.2, 0.25) is 10.0 Å². The molecule has 3 aromatic rings. The second-order valence-electron chi connectivity index (χ2n) is 6.59. The molecule has 1 saturated carbocycles. The van der Waals surface area contributed by atoms with E-state index >= 15 is 0 Å². The van der Waals surface area contributed by atoms with Gasteiger partial charge in [-0.3, -0.25) is 4.79 Å². The van der Waals surface area contributed by atoms with Crippen molar-refractivity contribution in [2.24, 2.45) is 0 Å². The number of rotatable bonds is 6. The van der Waals surface area contributed by atoms with Gasteiger partial charge < -0.3 is 9.32 Å². The fourth-order valence-electron chi connectivity index (χ4n) is 2.78. The SMILES string of the molecule is O=C(/C=C/c1ccc(Cl)cc1)N(Cc1nnc(-c2ccc(Cl)cc2)o1)C1CC1. The summed E-state index contributed by atoms with van der Waals surface area (Å²) in [5.74, 6) is 0.736. The maximum absolute atomic E-state index is 12.7. The Morgan fingerprint density at radius 2 is 1.68 bits per heavy atom. The van der Waals surface area contributed by atoms with Crippen LogP contribution in [0.5, 0.6) is 0 Å². The van der Waals surface area contributed by atoms with Crippen molar-refractivity contribution < 1.29 is 9.21 Å². The second-order valence-corrected chi connectivity index (χ2v) is 7.46. The first kappa shape index (κ1) is 18.7. The molecule has 1 amide bonds. The lowest BCUT2D eigenvalue weighted by Gasteiger charge is -2.18. The number of aromatic nitrogens is 2. The quantitative estimate of drug-likeness (QED) is 0.517. The molecule has 0 saturated heterocycles. The third kappa shape index (κ3) is 4.61. The highest BCUT2D eigenvalue weighted by Gasteiger charge is 2.32. The predicted octanol–water partition coefficient (Wildman–Crippen LogP) is 5.25. The molecule has 0 radical (unpaired) electrons. The standard InChI is InChI=1S/C21H17Cl2N3O2/c22-16-6-1-14(2-7-16)3-12-20(27)26(18-10-11-18)13-19-24-25-21(28-19)15-4-8-17(23)9-5-15/h1-9,12,18H,10-11,13H2/b12-3+. The van der Waals surface area contributed by atoms with E-state index < -0.39 is 0 Å². The van der Waals surface area contributed by atoms with Crippen LogP contribution in [0.3, 0.4) is 0 Å². The summed E-state index contributed by atoms with van der Waals surface area (Å²) in [6.45, 7) is 0.287. The summed E-state index contributed by atoms with van der Waals surface area (Å²) in [7, 11) is 0. The van der Waals surface area contributed by atoms with E-state index in [4.69, 9.17) is 27.6 Å². The molecule has 28 heavy (non-hydrogen) atoms. The number of amides is 1. The minimum atomic E-state index is -0.0799. The molecule has 1 aliphatic rings. The van der Waals surface area contributed by atoms with E-state index in [1.807, 2.05) is 24.3 Å². The van der Waals surface area contributed by atoms with E-state index in [0.29, 0.717) is 21.8 Å².